The lowest BCUT2D eigenvalue weighted by Crippen LogP contribution is -2.05. The van der Waals surface area contributed by atoms with Crippen molar-refractivity contribution in [2.24, 2.45) is 0 Å². The Kier molecular flexibility index (Phi) is 3.41. The summed E-state index contributed by atoms with van der Waals surface area (Å²) in [5.41, 5.74) is 1.43. The fourth-order valence-electron chi connectivity index (χ4n) is 1.26. The summed E-state index contributed by atoms with van der Waals surface area (Å²) in [5.74, 6) is -0.340. The highest BCUT2D eigenvalue weighted by Gasteiger charge is 2.06. The second kappa shape index (κ2) is 4.99. The molecule has 0 spiro atoms. The highest BCUT2D eigenvalue weighted by Crippen LogP contribution is 2.11. The summed E-state index contributed by atoms with van der Waals surface area (Å²) in [6, 6.07) is 11.1. The Morgan fingerprint density at radius 3 is 2.62 bits per heavy atom. The monoisotopic (exact) mass is 279 g/mol. The van der Waals surface area contributed by atoms with Gasteiger partial charge >= 0.3 is 5.97 Å². The molecule has 1 N–H and O–H groups in total. The number of carbonyl (C=O) groups is 1. The van der Waals surface area contributed by atoms with E-state index >= 15 is 0 Å². The molecule has 3 nitrogen and oxygen atoms in total. The highest BCUT2D eigenvalue weighted by atomic mass is 79.9. The molecule has 82 valence electrons. The Balaban J connectivity index is 1.93. The van der Waals surface area contributed by atoms with Crippen LogP contribution in [-0.4, -0.2) is 11.0 Å². The van der Waals surface area contributed by atoms with Crippen molar-refractivity contribution in [3.05, 3.63) is 58.3 Å². The normalized spacial score (nSPS) is 10.1. The van der Waals surface area contributed by atoms with E-state index in [1.165, 1.54) is 0 Å². The first-order valence-corrected chi connectivity index (χ1v) is 5.60. The number of halogens is 1. The Morgan fingerprint density at radius 1 is 1.25 bits per heavy atom. The van der Waals surface area contributed by atoms with Crippen LogP contribution >= 0.6 is 15.9 Å². The van der Waals surface area contributed by atoms with Gasteiger partial charge in [-0.15, -0.1) is 0 Å². The van der Waals surface area contributed by atoms with Crippen molar-refractivity contribution in [1.82, 2.24) is 4.98 Å². The van der Waals surface area contributed by atoms with E-state index in [4.69, 9.17) is 4.74 Å². The summed E-state index contributed by atoms with van der Waals surface area (Å²) < 4.78 is 6.13. The maximum atomic E-state index is 11.5. The Hall–Kier alpha value is -1.55. The number of ether oxygens (including phenoxy) is 1. The number of hydrogen-bond acceptors (Lipinski definition) is 2. The van der Waals surface area contributed by atoms with E-state index in [-0.39, 0.29) is 12.6 Å². The van der Waals surface area contributed by atoms with Crippen LogP contribution in [-0.2, 0) is 11.3 Å². The van der Waals surface area contributed by atoms with Crippen molar-refractivity contribution >= 4 is 21.9 Å². The van der Waals surface area contributed by atoms with Gasteiger partial charge in [-0.05, 0) is 29.8 Å². The summed E-state index contributed by atoms with van der Waals surface area (Å²) in [6.07, 6.45) is 1.69. The van der Waals surface area contributed by atoms with Gasteiger partial charge in [0.2, 0.25) is 0 Å². The zero-order valence-electron chi connectivity index (χ0n) is 8.44. The number of carbonyl (C=O) groups excluding carboxylic acids is 1. The maximum Gasteiger partial charge on any atom is 0.355 e. The van der Waals surface area contributed by atoms with Gasteiger partial charge in [-0.1, -0.05) is 28.1 Å². The number of esters is 1. The number of nitrogens with one attached hydrogen (secondary N) is 1. The van der Waals surface area contributed by atoms with Gasteiger partial charge in [-0.3, -0.25) is 0 Å². The molecule has 0 bridgehead atoms. The third-order valence-corrected chi connectivity index (χ3v) is 2.63. The molecular formula is C12H10BrNO2. The van der Waals surface area contributed by atoms with Crippen molar-refractivity contribution in [2.45, 2.75) is 6.61 Å². The van der Waals surface area contributed by atoms with Crippen LogP contribution in [0.5, 0.6) is 0 Å². The molecule has 0 radical (unpaired) electrons. The molecule has 0 aliphatic rings. The predicted molar refractivity (Wildman–Crippen MR) is 64.1 cm³/mol. The molecule has 16 heavy (non-hydrogen) atoms. The fourth-order valence-corrected chi connectivity index (χ4v) is 1.53. The van der Waals surface area contributed by atoms with Gasteiger partial charge in [-0.2, -0.15) is 0 Å². The minimum Gasteiger partial charge on any atom is -0.456 e. The fraction of sp³-hybridized carbons (Fsp3) is 0.0833. The van der Waals surface area contributed by atoms with Crippen LogP contribution in [0.1, 0.15) is 16.1 Å². The molecule has 1 aromatic carbocycles. The van der Waals surface area contributed by atoms with E-state index in [0.29, 0.717) is 5.69 Å². The van der Waals surface area contributed by atoms with Gasteiger partial charge in [0.05, 0.1) is 0 Å². The molecule has 2 aromatic rings. The van der Waals surface area contributed by atoms with Crippen LogP contribution in [0.2, 0.25) is 0 Å². The number of benzene rings is 1. The van der Waals surface area contributed by atoms with E-state index in [0.717, 1.165) is 10.0 Å². The van der Waals surface area contributed by atoms with Crippen molar-refractivity contribution in [1.29, 1.82) is 0 Å². The molecule has 0 saturated heterocycles. The third kappa shape index (κ3) is 2.73. The topological polar surface area (TPSA) is 42.1 Å². The molecule has 4 heteroatoms. The number of aromatic nitrogens is 1. The molecular weight excluding hydrogens is 270 g/mol. The van der Waals surface area contributed by atoms with Crippen LogP contribution in [0.3, 0.4) is 0 Å². The van der Waals surface area contributed by atoms with Crippen molar-refractivity contribution in [3.63, 3.8) is 0 Å². The lowest BCUT2D eigenvalue weighted by Gasteiger charge is -2.03. The molecule has 0 unspecified atom stereocenters. The predicted octanol–water partition coefficient (Wildman–Crippen LogP) is 3.13. The Morgan fingerprint density at radius 2 is 2.00 bits per heavy atom. The van der Waals surface area contributed by atoms with Crippen molar-refractivity contribution in [2.75, 3.05) is 0 Å². The van der Waals surface area contributed by atoms with E-state index in [2.05, 4.69) is 20.9 Å². The second-order valence-electron chi connectivity index (χ2n) is 3.29. The molecule has 1 aromatic heterocycles. The summed E-state index contributed by atoms with van der Waals surface area (Å²) >= 11 is 3.34. The van der Waals surface area contributed by atoms with Gasteiger partial charge in [0.1, 0.15) is 12.3 Å². The quantitative estimate of drug-likeness (QED) is 0.878. The Bertz CT molecular complexity index is 462. The standard InChI is InChI=1S/C12H10BrNO2/c13-10-5-3-9(4-6-10)8-16-12(15)11-2-1-7-14-11/h1-7,14H,8H2. The van der Waals surface area contributed by atoms with E-state index in [1.807, 2.05) is 24.3 Å². The molecule has 1 heterocycles. The number of hydrogen-bond donors (Lipinski definition) is 1. The van der Waals surface area contributed by atoms with Gasteiger partial charge < -0.3 is 9.72 Å². The average molecular weight is 280 g/mol. The third-order valence-electron chi connectivity index (χ3n) is 2.10. The maximum absolute atomic E-state index is 11.5. The molecule has 0 aliphatic heterocycles. The summed E-state index contributed by atoms with van der Waals surface area (Å²) in [6.45, 7) is 0.283. The molecule has 0 aliphatic carbocycles. The molecule has 0 atom stereocenters. The number of rotatable bonds is 3. The largest absolute Gasteiger partial charge is 0.456 e. The van der Waals surface area contributed by atoms with Crippen LogP contribution in [0.15, 0.2) is 47.1 Å². The van der Waals surface area contributed by atoms with Crippen molar-refractivity contribution < 1.29 is 9.53 Å². The highest BCUT2D eigenvalue weighted by molar-refractivity contribution is 9.10. The van der Waals surface area contributed by atoms with Crippen LogP contribution in [0, 0.1) is 0 Å². The number of aromatic amines is 1. The van der Waals surface area contributed by atoms with Crippen LogP contribution < -0.4 is 0 Å². The van der Waals surface area contributed by atoms with Gasteiger partial charge in [0.15, 0.2) is 0 Å². The zero-order valence-corrected chi connectivity index (χ0v) is 10.0. The van der Waals surface area contributed by atoms with Gasteiger partial charge in [0.25, 0.3) is 0 Å². The first-order valence-electron chi connectivity index (χ1n) is 4.80. The van der Waals surface area contributed by atoms with Gasteiger partial charge in [0, 0.05) is 10.7 Å². The minimum absolute atomic E-state index is 0.283. The zero-order chi connectivity index (χ0) is 11.4. The molecule has 2 rings (SSSR count). The summed E-state index contributed by atoms with van der Waals surface area (Å²) in [4.78, 5) is 14.3. The first kappa shape index (κ1) is 11.0. The Labute approximate surface area is 102 Å². The van der Waals surface area contributed by atoms with E-state index < -0.39 is 0 Å². The van der Waals surface area contributed by atoms with Gasteiger partial charge in [-0.25, -0.2) is 4.79 Å². The van der Waals surface area contributed by atoms with Crippen LogP contribution in [0.4, 0.5) is 0 Å². The van der Waals surface area contributed by atoms with Crippen LogP contribution in [0.25, 0.3) is 0 Å². The lowest BCUT2D eigenvalue weighted by molar-refractivity contribution is 0.0466. The van der Waals surface area contributed by atoms with E-state index in [1.54, 1.807) is 18.3 Å². The van der Waals surface area contributed by atoms with Crippen molar-refractivity contribution in [3.8, 4) is 0 Å². The number of H-pyrrole nitrogens is 1. The second-order valence-corrected chi connectivity index (χ2v) is 4.20. The first-order chi connectivity index (χ1) is 7.75. The SMILES string of the molecule is O=C(OCc1ccc(Br)cc1)c1ccc[nH]1. The smallest absolute Gasteiger partial charge is 0.355 e. The molecule has 0 saturated carbocycles. The molecule has 0 amide bonds. The average Bonchev–Trinajstić information content (AvgIpc) is 2.81. The summed E-state index contributed by atoms with van der Waals surface area (Å²) in [5, 5.41) is 0. The van der Waals surface area contributed by atoms with E-state index in [9.17, 15) is 4.79 Å². The molecule has 0 fully saturated rings. The lowest BCUT2D eigenvalue weighted by atomic mass is 10.2. The summed E-state index contributed by atoms with van der Waals surface area (Å²) in [7, 11) is 0. The minimum atomic E-state index is -0.340.